The van der Waals surface area contributed by atoms with Gasteiger partial charge in [-0.2, -0.15) is 5.26 Å². The Kier molecular flexibility index (Phi) is 3.37. The summed E-state index contributed by atoms with van der Waals surface area (Å²) in [6.45, 7) is -0.441. The normalized spacial score (nSPS) is 16.6. The van der Waals surface area contributed by atoms with Crippen molar-refractivity contribution in [2.75, 3.05) is 0 Å². The van der Waals surface area contributed by atoms with E-state index in [0.29, 0.717) is 5.56 Å². The summed E-state index contributed by atoms with van der Waals surface area (Å²) >= 11 is 0. The fourth-order valence-corrected chi connectivity index (χ4v) is 2.34. The van der Waals surface area contributed by atoms with Gasteiger partial charge in [0.2, 0.25) is 17.1 Å². The van der Waals surface area contributed by atoms with Gasteiger partial charge in [0.15, 0.2) is 5.76 Å². The largest absolute Gasteiger partial charge is 0.458 e. The molecule has 1 atom stereocenters. The quantitative estimate of drug-likeness (QED) is 0.838. The third-order valence-electron chi connectivity index (χ3n) is 3.30. The number of pyridine rings is 1. The molecule has 3 N–H and O–H groups in total. The van der Waals surface area contributed by atoms with Crippen molar-refractivity contribution >= 4 is 0 Å². The number of allylic oxidation sites excluding steroid dienone is 1. The van der Waals surface area contributed by atoms with E-state index < -0.39 is 18.0 Å². The van der Waals surface area contributed by atoms with Crippen LogP contribution in [0.3, 0.4) is 0 Å². The van der Waals surface area contributed by atoms with Crippen LogP contribution in [0.4, 0.5) is 0 Å². The first kappa shape index (κ1) is 13.9. The standard InChI is InChI=1S/C15H11N3O4/c16-5-10-12(8-2-1-3-18-6-8)14-13(22-15(10)17)11(20)4-9(7-19)21-14/h1-4,6,12,19H,7,17H2/t12-/m0/s1. The lowest BCUT2D eigenvalue weighted by molar-refractivity contribution is 0.231. The summed E-state index contributed by atoms with van der Waals surface area (Å²) in [5.41, 5.74) is 6.04. The zero-order valence-corrected chi connectivity index (χ0v) is 11.3. The zero-order chi connectivity index (χ0) is 15.7. The predicted molar refractivity (Wildman–Crippen MR) is 74.4 cm³/mol. The Balaban J connectivity index is 2.30. The second-order valence-corrected chi connectivity index (χ2v) is 4.64. The Morgan fingerprint density at radius 1 is 1.50 bits per heavy atom. The van der Waals surface area contributed by atoms with Gasteiger partial charge in [0.1, 0.15) is 24.0 Å². The van der Waals surface area contributed by atoms with Crippen LogP contribution in [0.15, 0.2) is 51.3 Å². The molecule has 22 heavy (non-hydrogen) atoms. The van der Waals surface area contributed by atoms with Gasteiger partial charge in [0.05, 0.1) is 5.92 Å². The van der Waals surface area contributed by atoms with Crippen LogP contribution in [0.2, 0.25) is 0 Å². The number of hydrogen-bond donors (Lipinski definition) is 2. The number of hydrogen-bond acceptors (Lipinski definition) is 7. The Hall–Kier alpha value is -3.11. The molecule has 0 radical (unpaired) electrons. The lowest BCUT2D eigenvalue weighted by atomic mass is 9.88. The molecule has 2 aromatic rings. The summed E-state index contributed by atoms with van der Waals surface area (Å²) in [7, 11) is 0. The maximum atomic E-state index is 12.1. The number of ether oxygens (including phenoxy) is 1. The summed E-state index contributed by atoms with van der Waals surface area (Å²) < 4.78 is 10.8. The van der Waals surface area contributed by atoms with Crippen molar-refractivity contribution in [2.24, 2.45) is 5.73 Å². The van der Waals surface area contributed by atoms with E-state index in [1.807, 2.05) is 6.07 Å². The molecule has 0 fully saturated rings. The number of nitriles is 1. The lowest BCUT2D eigenvalue weighted by Crippen LogP contribution is -2.25. The van der Waals surface area contributed by atoms with Gasteiger partial charge in [-0.15, -0.1) is 0 Å². The topological polar surface area (TPSA) is 122 Å². The highest BCUT2D eigenvalue weighted by Gasteiger charge is 2.35. The van der Waals surface area contributed by atoms with Gasteiger partial charge in [-0.05, 0) is 11.6 Å². The van der Waals surface area contributed by atoms with Gasteiger partial charge in [0, 0.05) is 18.5 Å². The van der Waals surface area contributed by atoms with Crippen molar-refractivity contribution in [3.05, 3.63) is 69.4 Å². The van der Waals surface area contributed by atoms with Crippen LogP contribution >= 0.6 is 0 Å². The van der Waals surface area contributed by atoms with E-state index >= 15 is 0 Å². The highest BCUT2D eigenvalue weighted by Crippen LogP contribution is 2.40. The number of aliphatic hydroxyl groups excluding tert-OH is 1. The highest BCUT2D eigenvalue weighted by molar-refractivity contribution is 5.51. The fourth-order valence-electron chi connectivity index (χ4n) is 2.34. The van der Waals surface area contributed by atoms with Crippen LogP contribution in [0, 0.1) is 11.3 Å². The molecule has 0 aliphatic carbocycles. The van der Waals surface area contributed by atoms with Crippen LogP contribution < -0.4 is 15.9 Å². The monoisotopic (exact) mass is 297 g/mol. The van der Waals surface area contributed by atoms with E-state index in [0.717, 1.165) is 6.07 Å². The predicted octanol–water partition coefficient (Wildman–Crippen LogP) is 0.745. The lowest BCUT2D eigenvalue weighted by Gasteiger charge is -2.24. The van der Waals surface area contributed by atoms with Gasteiger partial charge in [-0.1, -0.05) is 6.07 Å². The Bertz CT molecular complexity index is 849. The molecule has 0 saturated carbocycles. The summed E-state index contributed by atoms with van der Waals surface area (Å²) in [4.78, 5) is 16.1. The van der Waals surface area contributed by atoms with Crippen LogP contribution in [-0.4, -0.2) is 10.1 Å². The van der Waals surface area contributed by atoms with E-state index in [1.54, 1.807) is 24.5 Å². The Morgan fingerprint density at radius 2 is 2.32 bits per heavy atom. The molecule has 1 aliphatic heterocycles. The van der Waals surface area contributed by atoms with Crippen LogP contribution in [-0.2, 0) is 6.61 Å². The summed E-state index contributed by atoms with van der Waals surface area (Å²) in [6, 6.07) is 6.54. The number of nitrogens with two attached hydrogens (primary N) is 1. The molecular weight excluding hydrogens is 286 g/mol. The number of nitrogens with zero attached hydrogens (tertiary/aromatic N) is 2. The molecule has 0 spiro atoms. The van der Waals surface area contributed by atoms with Crippen LogP contribution in [0.25, 0.3) is 0 Å². The van der Waals surface area contributed by atoms with Crippen molar-refractivity contribution in [3.63, 3.8) is 0 Å². The molecule has 0 unspecified atom stereocenters. The first-order valence-corrected chi connectivity index (χ1v) is 6.41. The number of rotatable bonds is 2. The van der Waals surface area contributed by atoms with Crippen molar-refractivity contribution in [3.8, 4) is 11.8 Å². The molecule has 0 saturated heterocycles. The van der Waals surface area contributed by atoms with Gasteiger partial charge in [-0.3, -0.25) is 9.78 Å². The highest BCUT2D eigenvalue weighted by atomic mass is 16.5. The van der Waals surface area contributed by atoms with E-state index in [1.165, 1.54) is 0 Å². The Labute approximate surface area is 124 Å². The maximum Gasteiger partial charge on any atom is 0.228 e. The third-order valence-corrected chi connectivity index (χ3v) is 3.30. The van der Waals surface area contributed by atoms with Crippen LogP contribution in [0.1, 0.15) is 23.0 Å². The molecule has 3 heterocycles. The molecule has 7 heteroatoms. The first-order valence-electron chi connectivity index (χ1n) is 6.41. The van der Waals surface area contributed by atoms with Gasteiger partial charge >= 0.3 is 0 Å². The smallest absolute Gasteiger partial charge is 0.228 e. The van der Waals surface area contributed by atoms with Crippen molar-refractivity contribution in [2.45, 2.75) is 12.5 Å². The summed E-state index contributed by atoms with van der Waals surface area (Å²) in [5, 5.41) is 18.6. The van der Waals surface area contributed by atoms with E-state index in [4.69, 9.17) is 14.9 Å². The minimum atomic E-state index is -0.707. The summed E-state index contributed by atoms with van der Waals surface area (Å²) in [6.07, 6.45) is 3.14. The SMILES string of the molecule is N#CC1=C(N)Oc2c(oc(CO)cc2=O)[C@H]1c1cccnc1. The Morgan fingerprint density at radius 3 is 2.95 bits per heavy atom. The average molecular weight is 297 g/mol. The molecule has 0 amide bonds. The molecule has 2 aromatic heterocycles. The average Bonchev–Trinajstić information content (AvgIpc) is 2.55. The minimum Gasteiger partial charge on any atom is -0.458 e. The van der Waals surface area contributed by atoms with Crippen molar-refractivity contribution in [1.29, 1.82) is 5.26 Å². The zero-order valence-electron chi connectivity index (χ0n) is 11.3. The molecule has 110 valence electrons. The fraction of sp³-hybridized carbons (Fsp3) is 0.133. The number of aliphatic hydroxyl groups is 1. The molecular formula is C15H11N3O4. The van der Waals surface area contributed by atoms with Crippen molar-refractivity contribution < 1.29 is 14.3 Å². The molecule has 0 bridgehead atoms. The minimum absolute atomic E-state index is 0.0810. The van der Waals surface area contributed by atoms with Crippen molar-refractivity contribution in [1.82, 2.24) is 4.98 Å². The molecule has 3 rings (SSSR count). The molecule has 1 aliphatic rings. The van der Waals surface area contributed by atoms with E-state index in [9.17, 15) is 15.2 Å². The van der Waals surface area contributed by atoms with Gasteiger partial charge in [0.25, 0.3) is 0 Å². The first-order chi connectivity index (χ1) is 10.7. The second kappa shape index (κ2) is 5.35. The molecule has 7 nitrogen and oxygen atoms in total. The van der Waals surface area contributed by atoms with Gasteiger partial charge < -0.3 is 20.0 Å². The second-order valence-electron chi connectivity index (χ2n) is 4.64. The van der Waals surface area contributed by atoms with E-state index in [2.05, 4.69) is 4.98 Å². The number of fused-ring (bicyclic) bond motifs is 1. The van der Waals surface area contributed by atoms with Gasteiger partial charge in [-0.25, -0.2) is 0 Å². The third kappa shape index (κ3) is 2.12. The summed E-state index contributed by atoms with van der Waals surface area (Å²) in [5.74, 6) is -0.716. The molecule has 0 aromatic carbocycles. The van der Waals surface area contributed by atoms with Crippen LogP contribution in [0.5, 0.6) is 5.75 Å². The van der Waals surface area contributed by atoms with E-state index in [-0.39, 0.29) is 28.7 Å². The number of aromatic nitrogens is 1. The maximum absolute atomic E-state index is 12.1.